The Hall–Kier alpha value is -1.46. The van der Waals surface area contributed by atoms with Crippen LogP contribution in [0.3, 0.4) is 0 Å². The molecule has 8 aliphatic rings. The first-order valence-electron chi connectivity index (χ1n) is 14.6. The molecule has 0 aromatic carbocycles. The zero-order valence-electron chi connectivity index (χ0n) is 23.8. The van der Waals surface area contributed by atoms with Gasteiger partial charge in [0.15, 0.2) is 6.29 Å². The Kier molecular flexibility index (Phi) is 5.24. The summed E-state index contributed by atoms with van der Waals surface area (Å²) in [6.45, 7) is 3.03. The lowest BCUT2D eigenvalue weighted by molar-refractivity contribution is -0.316. The quantitative estimate of drug-likeness (QED) is 0.170. The third-order valence-corrected chi connectivity index (χ3v) is 13.2. The summed E-state index contributed by atoms with van der Waals surface area (Å²) in [4.78, 5) is 27.0. The predicted molar refractivity (Wildman–Crippen MR) is 132 cm³/mol. The Morgan fingerprint density at radius 2 is 1.64 bits per heavy atom. The van der Waals surface area contributed by atoms with Crippen molar-refractivity contribution in [2.75, 3.05) is 34.0 Å². The van der Waals surface area contributed by atoms with E-state index >= 15 is 0 Å². The lowest BCUT2D eigenvalue weighted by Gasteiger charge is -2.65. The van der Waals surface area contributed by atoms with Gasteiger partial charge < -0.3 is 58.7 Å². The average molecular weight is 599 g/mol. The molecule has 8 rings (SSSR count). The van der Waals surface area contributed by atoms with Crippen molar-refractivity contribution in [3.8, 4) is 0 Å². The van der Waals surface area contributed by atoms with Crippen molar-refractivity contribution in [2.45, 2.75) is 92.5 Å². The van der Waals surface area contributed by atoms with Gasteiger partial charge in [-0.15, -0.1) is 0 Å². The van der Waals surface area contributed by atoms with Crippen molar-refractivity contribution in [1.82, 2.24) is 0 Å². The maximum Gasteiger partial charge on any atom is 0.366 e. The van der Waals surface area contributed by atoms with Crippen molar-refractivity contribution in [1.29, 1.82) is 0 Å². The summed E-state index contributed by atoms with van der Waals surface area (Å²) >= 11 is 0. The molecule has 5 saturated heterocycles. The lowest BCUT2D eigenvalue weighted by atomic mass is 9.37. The summed E-state index contributed by atoms with van der Waals surface area (Å²) in [6.07, 6.45) is -6.84. The number of carbonyl (C=O) groups excluding carboxylic acids is 2. The first-order chi connectivity index (χ1) is 19.7. The predicted octanol–water partition coefficient (Wildman–Crippen LogP) is -2.41. The Balaban J connectivity index is 1.37. The van der Waals surface area contributed by atoms with Gasteiger partial charge in [-0.1, -0.05) is 6.92 Å². The number of fused-ring (bicyclic) bond motifs is 7. The number of hydrogen-bond donors (Lipinski definition) is 5. The summed E-state index contributed by atoms with van der Waals surface area (Å²) in [5.74, 6) is -7.70. The number of ether oxygens (including phenoxy) is 7. The first kappa shape index (κ1) is 28.0. The number of methoxy groups -OCH3 is 2. The van der Waals surface area contributed by atoms with Gasteiger partial charge in [0.05, 0.1) is 64.6 Å². The second-order valence-electron chi connectivity index (χ2n) is 14.1. The van der Waals surface area contributed by atoms with Crippen LogP contribution < -0.4 is 0 Å². The molecule has 3 saturated carbocycles. The zero-order chi connectivity index (χ0) is 30.0. The second kappa shape index (κ2) is 7.84. The SMILES string of the molecule is COC(=O)[C@@]12CO[C@H]3[C@@H](O)[C@@](C)([C@]45O[C@@]4(C)[C@H]4C[C@@H]5O[C@@H]5OCC[C@@]54O)[C@H]4[C@@](CO[C@]4(O)C(=O)OC)([C@@H](O)C[C@H]1O)[C@@H]32. The molecule has 1 spiro atoms. The molecule has 5 heterocycles. The molecule has 14 nitrogen and oxygen atoms in total. The maximum absolute atomic E-state index is 13.5. The van der Waals surface area contributed by atoms with Gasteiger partial charge in [-0.2, -0.15) is 0 Å². The Morgan fingerprint density at radius 3 is 2.33 bits per heavy atom. The normalized spacial score (nSPS) is 63.4. The van der Waals surface area contributed by atoms with Crippen molar-refractivity contribution in [3.63, 3.8) is 0 Å². The monoisotopic (exact) mass is 598 g/mol. The molecule has 2 bridgehead atoms. The van der Waals surface area contributed by atoms with Crippen molar-refractivity contribution >= 4 is 11.9 Å². The molecule has 0 aromatic rings. The Morgan fingerprint density at radius 1 is 0.929 bits per heavy atom. The number of hydrogen-bond acceptors (Lipinski definition) is 14. The van der Waals surface area contributed by atoms with Crippen LogP contribution in [0.4, 0.5) is 0 Å². The van der Waals surface area contributed by atoms with E-state index in [1.54, 1.807) is 6.92 Å². The standard InChI is InChI=1S/C28H38O14/c1-22(28-14-7-11(23(28,2)42-28)26(34)5-6-38-21(26)41-14)17(31)15-16-24(10-40-27(35,18(22)24)20(33)37-4)12(29)8-13(30)25(16,9-39-15)19(32)36-3/h11-18,21,29-31,34-35H,5-10H2,1-4H3/t11-,12+,13-,14+,15-,16-,17-,18+,21+,22-,23+,24+,25+,26+,27+,28+/m1/s1. The highest BCUT2D eigenvalue weighted by molar-refractivity contribution is 5.81. The van der Waals surface area contributed by atoms with E-state index in [2.05, 4.69) is 0 Å². The molecular formula is C28H38O14. The largest absolute Gasteiger partial charge is 0.468 e. The summed E-state index contributed by atoms with van der Waals surface area (Å²) in [5, 5.41) is 59.7. The molecule has 234 valence electrons. The van der Waals surface area contributed by atoms with Crippen molar-refractivity contribution < 1.29 is 68.3 Å². The van der Waals surface area contributed by atoms with Crippen LogP contribution >= 0.6 is 0 Å². The molecule has 8 fully saturated rings. The van der Waals surface area contributed by atoms with E-state index < -0.39 is 112 Å². The van der Waals surface area contributed by atoms with Crippen LogP contribution in [-0.2, 0) is 42.7 Å². The first-order valence-corrected chi connectivity index (χ1v) is 14.6. The van der Waals surface area contributed by atoms with E-state index in [4.69, 9.17) is 33.2 Å². The van der Waals surface area contributed by atoms with Crippen LogP contribution in [0.5, 0.6) is 0 Å². The fraction of sp³-hybridized carbons (Fsp3) is 0.929. The van der Waals surface area contributed by atoms with Gasteiger partial charge in [-0.3, -0.25) is 4.79 Å². The van der Waals surface area contributed by atoms with Gasteiger partial charge in [0.2, 0.25) is 0 Å². The molecule has 0 amide bonds. The highest BCUT2D eigenvalue weighted by atomic mass is 16.7. The molecule has 16 atom stereocenters. The molecule has 0 unspecified atom stereocenters. The van der Waals surface area contributed by atoms with Gasteiger partial charge in [-0.25, -0.2) is 4.79 Å². The Bertz CT molecular complexity index is 1260. The molecule has 42 heavy (non-hydrogen) atoms. The number of esters is 2. The fourth-order valence-corrected chi connectivity index (χ4v) is 11.7. The summed E-state index contributed by atoms with van der Waals surface area (Å²) in [6, 6.07) is 0. The van der Waals surface area contributed by atoms with Crippen LogP contribution in [0.2, 0.25) is 0 Å². The Labute approximate surface area is 241 Å². The fourth-order valence-electron chi connectivity index (χ4n) is 11.7. The van der Waals surface area contributed by atoms with E-state index in [-0.39, 0.29) is 13.0 Å². The van der Waals surface area contributed by atoms with Gasteiger partial charge >= 0.3 is 11.9 Å². The molecule has 0 aromatic heterocycles. The van der Waals surface area contributed by atoms with Gasteiger partial charge in [0.25, 0.3) is 5.79 Å². The van der Waals surface area contributed by atoms with Gasteiger partial charge in [-0.05, 0) is 13.3 Å². The van der Waals surface area contributed by atoms with Crippen LogP contribution in [0, 0.1) is 34.0 Å². The van der Waals surface area contributed by atoms with Crippen LogP contribution in [-0.4, -0.2) is 131 Å². The number of carbonyl (C=O) groups is 2. The van der Waals surface area contributed by atoms with Crippen molar-refractivity contribution in [2.24, 2.45) is 34.0 Å². The molecule has 5 aliphatic heterocycles. The van der Waals surface area contributed by atoms with E-state index in [1.807, 2.05) is 6.92 Å². The molecule has 14 heteroatoms. The topological polar surface area (TPSA) is 203 Å². The minimum absolute atomic E-state index is 0.302. The highest BCUT2D eigenvalue weighted by Gasteiger charge is 2.96. The number of rotatable bonds is 3. The molecular weight excluding hydrogens is 560 g/mol. The van der Waals surface area contributed by atoms with E-state index in [0.717, 1.165) is 7.11 Å². The number of aliphatic hydroxyl groups excluding tert-OH is 3. The number of epoxide rings is 1. The highest BCUT2D eigenvalue weighted by Crippen LogP contribution is 2.82. The van der Waals surface area contributed by atoms with E-state index in [9.17, 15) is 35.1 Å². The third kappa shape index (κ3) is 2.46. The zero-order valence-corrected chi connectivity index (χ0v) is 23.8. The van der Waals surface area contributed by atoms with E-state index in [0.29, 0.717) is 19.4 Å². The summed E-state index contributed by atoms with van der Waals surface area (Å²) < 4.78 is 41.1. The smallest absolute Gasteiger partial charge is 0.366 e. The molecule has 3 aliphatic carbocycles. The summed E-state index contributed by atoms with van der Waals surface area (Å²) in [5.41, 5.74) is -8.88. The summed E-state index contributed by atoms with van der Waals surface area (Å²) in [7, 11) is 2.26. The lowest BCUT2D eigenvalue weighted by Crippen LogP contribution is -2.78. The van der Waals surface area contributed by atoms with Gasteiger partial charge in [0, 0.05) is 41.4 Å². The van der Waals surface area contributed by atoms with Crippen LogP contribution in [0.1, 0.15) is 33.1 Å². The van der Waals surface area contributed by atoms with Crippen molar-refractivity contribution in [3.05, 3.63) is 0 Å². The third-order valence-electron chi connectivity index (χ3n) is 13.2. The minimum atomic E-state index is -2.70. The van der Waals surface area contributed by atoms with Crippen LogP contribution in [0.25, 0.3) is 0 Å². The molecule has 0 radical (unpaired) electrons. The van der Waals surface area contributed by atoms with E-state index in [1.165, 1.54) is 7.11 Å². The van der Waals surface area contributed by atoms with Crippen LogP contribution in [0.15, 0.2) is 0 Å². The number of aliphatic hydroxyl groups is 5. The average Bonchev–Trinajstić information content (AvgIpc) is 3.34. The molecule has 5 N–H and O–H groups in total. The van der Waals surface area contributed by atoms with Gasteiger partial charge in [0.1, 0.15) is 22.2 Å². The second-order valence-corrected chi connectivity index (χ2v) is 14.1. The maximum atomic E-state index is 13.5. The minimum Gasteiger partial charge on any atom is -0.468 e.